The first-order valence-electron chi connectivity index (χ1n) is 9.68. The fourth-order valence-corrected chi connectivity index (χ4v) is 4.87. The van der Waals surface area contributed by atoms with E-state index in [0.717, 1.165) is 0 Å². The van der Waals surface area contributed by atoms with Gasteiger partial charge in [0.15, 0.2) is 6.04 Å². The third-order valence-electron chi connectivity index (χ3n) is 5.17. The minimum absolute atomic E-state index is 0.0155. The van der Waals surface area contributed by atoms with Crippen LogP contribution in [0.25, 0.3) is 0 Å². The van der Waals surface area contributed by atoms with E-state index in [1.165, 1.54) is 47.2 Å². The number of nitro benzene ring substituents is 1. The van der Waals surface area contributed by atoms with E-state index in [1.54, 1.807) is 12.1 Å². The first-order chi connectivity index (χ1) is 15.3. The smallest absolute Gasteiger partial charge is 0.333 e. The zero-order chi connectivity index (χ0) is 22.8. The number of carbonyl (C=O) groups excluding carboxylic acids is 3. The molecule has 32 heavy (non-hydrogen) atoms. The maximum atomic E-state index is 12.7. The van der Waals surface area contributed by atoms with Crippen molar-refractivity contribution in [1.29, 1.82) is 0 Å². The highest BCUT2D eigenvalue weighted by atomic mass is 32.2. The van der Waals surface area contributed by atoms with Crippen LogP contribution in [0, 0.1) is 10.1 Å². The van der Waals surface area contributed by atoms with E-state index in [4.69, 9.17) is 9.15 Å². The van der Waals surface area contributed by atoms with Crippen LogP contribution in [-0.2, 0) is 32.1 Å². The summed E-state index contributed by atoms with van der Waals surface area (Å²) in [5, 5.41) is 13.0. The van der Waals surface area contributed by atoms with Gasteiger partial charge in [-0.2, -0.15) is 0 Å². The van der Waals surface area contributed by atoms with Crippen LogP contribution in [0.2, 0.25) is 0 Å². The van der Waals surface area contributed by atoms with Gasteiger partial charge in [-0.05, 0) is 35.4 Å². The van der Waals surface area contributed by atoms with Crippen molar-refractivity contribution in [2.45, 2.75) is 30.5 Å². The van der Waals surface area contributed by atoms with Crippen LogP contribution >= 0.6 is 11.8 Å². The van der Waals surface area contributed by atoms with Gasteiger partial charge in [-0.25, -0.2) is 4.79 Å². The highest BCUT2D eigenvalue weighted by molar-refractivity contribution is 8.00. The maximum absolute atomic E-state index is 12.7. The average Bonchev–Trinajstić information content (AvgIpc) is 3.28. The summed E-state index contributed by atoms with van der Waals surface area (Å²) in [6, 6.07) is 7.32. The topological polar surface area (TPSA) is 132 Å². The van der Waals surface area contributed by atoms with Gasteiger partial charge in [-0.1, -0.05) is 6.58 Å². The number of hydrogen-bond acceptors (Lipinski definition) is 8. The van der Waals surface area contributed by atoms with Crippen molar-refractivity contribution in [1.82, 2.24) is 10.2 Å². The molecular weight excluding hydrogens is 438 g/mol. The molecule has 1 N–H and O–H groups in total. The molecule has 2 aromatic rings. The molecule has 4 rings (SSSR count). The Balaban J connectivity index is 1.36. The van der Waals surface area contributed by atoms with Gasteiger partial charge in [0.25, 0.3) is 5.69 Å². The summed E-state index contributed by atoms with van der Waals surface area (Å²) in [5.41, 5.74) is 1.05. The zero-order valence-electron chi connectivity index (χ0n) is 16.8. The average molecular weight is 457 g/mol. The highest BCUT2D eigenvalue weighted by Crippen LogP contribution is 2.40. The number of carbonyl (C=O) groups is 3. The SMILES string of the molecule is C=C1CS[C@H]2C(NC(=O)Cc3ccco3)C(=O)N2C1C(=O)OCc1ccc([N+](=O)[O-])cc1. The van der Waals surface area contributed by atoms with Gasteiger partial charge in [0.2, 0.25) is 11.8 Å². The van der Waals surface area contributed by atoms with Crippen LogP contribution < -0.4 is 5.32 Å². The fourth-order valence-electron chi connectivity index (χ4n) is 3.56. The minimum atomic E-state index is -0.940. The second-order valence-electron chi connectivity index (χ2n) is 7.34. The molecule has 166 valence electrons. The van der Waals surface area contributed by atoms with Gasteiger partial charge in [0.05, 0.1) is 17.6 Å². The number of fused-ring (bicyclic) bond motifs is 1. The normalized spacial score (nSPS) is 22.0. The highest BCUT2D eigenvalue weighted by Gasteiger charge is 2.56. The summed E-state index contributed by atoms with van der Waals surface area (Å²) < 4.78 is 10.5. The van der Waals surface area contributed by atoms with Crippen LogP contribution in [0.5, 0.6) is 0 Å². The summed E-state index contributed by atoms with van der Waals surface area (Å²) in [4.78, 5) is 49.3. The number of hydrogen-bond donors (Lipinski definition) is 1. The van der Waals surface area contributed by atoms with E-state index < -0.39 is 28.4 Å². The molecule has 2 aliphatic heterocycles. The number of furan rings is 1. The van der Waals surface area contributed by atoms with E-state index in [-0.39, 0.29) is 30.5 Å². The largest absolute Gasteiger partial charge is 0.469 e. The molecule has 10 nitrogen and oxygen atoms in total. The van der Waals surface area contributed by atoms with Crippen LogP contribution in [0.15, 0.2) is 59.2 Å². The number of β-lactam (4-membered cyclic amide) rings is 1. The third-order valence-corrected chi connectivity index (χ3v) is 6.55. The predicted molar refractivity (Wildman–Crippen MR) is 113 cm³/mol. The van der Waals surface area contributed by atoms with Gasteiger partial charge in [0, 0.05) is 17.9 Å². The number of benzene rings is 1. The molecule has 0 saturated carbocycles. The maximum Gasteiger partial charge on any atom is 0.333 e. The lowest BCUT2D eigenvalue weighted by Crippen LogP contribution is -2.74. The van der Waals surface area contributed by atoms with E-state index in [0.29, 0.717) is 22.6 Å². The van der Waals surface area contributed by atoms with E-state index in [9.17, 15) is 24.5 Å². The number of nitrogens with zero attached hydrogens (tertiary/aromatic N) is 2. The lowest BCUT2D eigenvalue weighted by Gasteiger charge is -2.52. The van der Waals surface area contributed by atoms with Crippen LogP contribution in [0.4, 0.5) is 5.69 Å². The lowest BCUT2D eigenvalue weighted by molar-refractivity contribution is -0.384. The molecule has 0 bridgehead atoms. The molecule has 3 heterocycles. The van der Waals surface area contributed by atoms with E-state index >= 15 is 0 Å². The molecule has 2 amide bonds. The molecule has 0 spiro atoms. The van der Waals surface area contributed by atoms with E-state index in [1.807, 2.05) is 0 Å². The van der Waals surface area contributed by atoms with Crippen molar-refractivity contribution in [3.05, 3.63) is 76.3 Å². The molecule has 3 atom stereocenters. The number of rotatable bonds is 7. The predicted octanol–water partition coefficient (Wildman–Crippen LogP) is 1.80. The van der Waals surface area contributed by atoms with Crippen molar-refractivity contribution in [3.8, 4) is 0 Å². The summed E-state index contributed by atoms with van der Waals surface area (Å²) >= 11 is 1.42. The lowest BCUT2D eigenvalue weighted by atomic mass is 9.98. The Morgan fingerprint density at radius 2 is 2.06 bits per heavy atom. The summed E-state index contributed by atoms with van der Waals surface area (Å²) in [5.74, 6) is -0.430. The van der Waals surface area contributed by atoms with Crippen LogP contribution in [0.1, 0.15) is 11.3 Å². The monoisotopic (exact) mass is 457 g/mol. The first-order valence-corrected chi connectivity index (χ1v) is 10.7. The van der Waals surface area contributed by atoms with Crippen molar-refractivity contribution in [2.24, 2.45) is 0 Å². The molecule has 2 fully saturated rings. The molecule has 0 aliphatic carbocycles. The zero-order valence-corrected chi connectivity index (χ0v) is 17.6. The van der Waals surface area contributed by atoms with Gasteiger partial charge in [-0.3, -0.25) is 19.7 Å². The number of thioether (sulfide) groups is 1. The van der Waals surface area contributed by atoms with Gasteiger partial charge < -0.3 is 19.4 Å². The molecule has 2 unspecified atom stereocenters. The standard InChI is InChI=1S/C21H19N3O7S/c1-12-11-32-20-17(22-16(25)9-15-3-2-8-30-15)19(26)23(20)18(12)21(27)31-10-13-4-6-14(7-5-13)24(28)29/h2-8,17-18,20H,1,9-11H2,(H,22,25)/t17?,18?,20-/m0/s1. The number of non-ortho nitro benzene ring substituents is 1. The first kappa shape index (κ1) is 21.6. The number of esters is 1. The summed E-state index contributed by atoms with van der Waals surface area (Å²) in [7, 11) is 0. The Morgan fingerprint density at radius 1 is 1.31 bits per heavy atom. The Bertz CT molecular complexity index is 1070. The minimum Gasteiger partial charge on any atom is -0.469 e. The number of nitrogens with one attached hydrogen (secondary N) is 1. The Hall–Kier alpha value is -3.60. The van der Waals surface area contributed by atoms with Gasteiger partial charge in [0.1, 0.15) is 23.8 Å². The molecular formula is C21H19N3O7S. The Kier molecular flexibility index (Phi) is 5.99. The fraction of sp³-hybridized carbons (Fsp3) is 0.286. The second kappa shape index (κ2) is 8.87. The van der Waals surface area contributed by atoms with Crippen molar-refractivity contribution in [3.63, 3.8) is 0 Å². The van der Waals surface area contributed by atoms with Crippen molar-refractivity contribution < 1.29 is 28.5 Å². The number of ether oxygens (including phenoxy) is 1. The summed E-state index contributed by atoms with van der Waals surface area (Å²) in [6.07, 6.45) is 1.48. The molecule has 1 aromatic carbocycles. The number of amides is 2. The molecule has 1 aromatic heterocycles. The van der Waals surface area contributed by atoms with Crippen LogP contribution in [0.3, 0.4) is 0 Å². The second-order valence-corrected chi connectivity index (χ2v) is 8.45. The third kappa shape index (κ3) is 4.24. The summed E-state index contributed by atoms with van der Waals surface area (Å²) in [6.45, 7) is 3.81. The van der Waals surface area contributed by atoms with Gasteiger partial charge in [-0.15, -0.1) is 11.8 Å². The number of nitro groups is 1. The van der Waals surface area contributed by atoms with Crippen LogP contribution in [-0.4, -0.2) is 50.8 Å². The van der Waals surface area contributed by atoms with Gasteiger partial charge >= 0.3 is 5.97 Å². The van der Waals surface area contributed by atoms with Crippen molar-refractivity contribution in [2.75, 3.05) is 5.75 Å². The molecule has 2 aliphatic rings. The molecule has 11 heteroatoms. The van der Waals surface area contributed by atoms with Crippen molar-refractivity contribution >= 4 is 35.2 Å². The quantitative estimate of drug-likeness (QED) is 0.219. The Morgan fingerprint density at radius 3 is 2.72 bits per heavy atom. The molecule has 0 radical (unpaired) electrons. The Labute approximate surface area is 186 Å². The van der Waals surface area contributed by atoms with E-state index in [2.05, 4.69) is 11.9 Å². The molecule has 2 saturated heterocycles.